The molecule has 0 amide bonds. The number of carbonyl (C=O) groups excluding carboxylic acids is 1. The number of esters is 1. The Balaban J connectivity index is 1.97. The van der Waals surface area contributed by atoms with Crippen molar-refractivity contribution in [3.63, 3.8) is 0 Å². The van der Waals surface area contributed by atoms with Crippen molar-refractivity contribution in [2.75, 3.05) is 25.1 Å². The zero-order chi connectivity index (χ0) is 15.5. The zero-order valence-corrected chi connectivity index (χ0v) is 12.0. The lowest BCUT2D eigenvalue weighted by Crippen LogP contribution is -2.43. The van der Waals surface area contributed by atoms with Gasteiger partial charge < -0.3 is 24.3 Å². The van der Waals surface area contributed by atoms with E-state index in [2.05, 4.69) is 14.6 Å². The molecule has 1 aromatic rings. The second-order valence-electron chi connectivity index (χ2n) is 5.20. The third-order valence-corrected chi connectivity index (χ3v) is 3.68. The molecule has 1 aliphatic heterocycles. The van der Waals surface area contributed by atoms with Crippen LogP contribution in [0.3, 0.4) is 0 Å². The number of carbonyl (C=O) groups is 1. The van der Waals surface area contributed by atoms with Crippen LogP contribution in [0.5, 0.6) is 5.75 Å². The highest BCUT2D eigenvalue weighted by molar-refractivity contribution is 6.33. The maximum Gasteiger partial charge on any atom is 0.707 e. The fourth-order valence-electron chi connectivity index (χ4n) is 2.31. The molecule has 8 nitrogen and oxygen atoms in total. The molecule has 114 valence electrons. The van der Waals surface area contributed by atoms with E-state index in [9.17, 15) is 4.79 Å². The van der Waals surface area contributed by atoms with E-state index in [4.69, 9.17) is 14.8 Å². The van der Waals surface area contributed by atoms with Crippen LogP contribution >= 0.6 is 0 Å². The Morgan fingerprint density at radius 2 is 1.90 bits per heavy atom. The largest absolute Gasteiger partial charge is 0.707 e. The predicted octanol–water partition coefficient (Wildman–Crippen LogP) is -0.396. The van der Waals surface area contributed by atoms with Crippen molar-refractivity contribution in [3.05, 3.63) is 12.4 Å². The topological polar surface area (TPSA) is 105 Å². The number of anilines is 1. The van der Waals surface area contributed by atoms with Crippen molar-refractivity contribution >= 4 is 19.2 Å². The average molecular weight is 295 g/mol. The number of ether oxygens (including phenoxy) is 1. The van der Waals surface area contributed by atoms with Crippen LogP contribution < -0.4 is 9.55 Å². The molecule has 0 atom stereocenters. The Morgan fingerprint density at radius 3 is 2.38 bits per heavy atom. The van der Waals surface area contributed by atoms with Crippen LogP contribution in [0.1, 0.15) is 19.8 Å². The number of hydrogen-bond acceptors (Lipinski definition) is 8. The minimum absolute atomic E-state index is 0.171. The first-order valence-electron chi connectivity index (χ1n) is 6.63. The standard InChI is InChI=1S/C12H18BN3O5/c1-12(10(17)20-2)3-5-16(6-4-12)11-14-7-9(8-15-11)21-13(18)19/h7-8,18-19H,3-6H2,1-2H3. The fourth-order valence-corrected chi connectivity index (χ4v) is 2.31. The molecule has 1 aromatic heterocycles. The second-order valence-corrected chi connectivity index (χ2v) is 5.20. The summed E-state index contributed by atoms with van der Waals surface area (Å²) in [6.07, 6.45) is 4.07. The Hall–Kier alpha value is -1.87. The van der Waals surface area contributed by atoms with Gasteiger partial charge in [-0.1, -0.05) is 0 Å². The SMILES string of the molecule is COC(=O)C1(C)CCN(c2ncc(OB(O)O)cn2)CC1. The molecule has 2 rings (SSSR count). The van der Waals surface area contributed by atoms with Gasteiger partial charge in [-0.25, -0.2) is 9.97 Å². The summed E-state index contributed by atoms with van der Waals surface area (Å²) in [5, 5.41) is 17.4. The molecule has 0 aliphatic carbocycles. The van der Waals surface area contributed by atoms with Gasteiger partial charge in [-0.3, -0.25) is 4.79 Å². The van der Waals surface area contributed by atoms with Gasteiger partial charge in [0.05, 0.1) is 24.9 Å². The summed E-state index contributed by atoms with van der Waals surface area (Å²) in [4.78, 5) is 21.9. The Morgan fingerprint density at radius 1 is 1.33 bits per heavy atom. The zero-order valence-electron chi connectivity index (χ0n) is 12.0. The summed E-state index contributed by atoms with van der Waals surface area (Å²) in [6.45, 7) is 3.19. The van der Waals surface area contributed by atoms with E-state index >= 15 is 0 Å². The van der Waals surface area contributed by atoms with Crippen molar-refractivity contribution < 1.29 is 24.2 Å². The lowest BCUT2D eigenvalue weighted by atomic mass is 9.80. The van der Waals surface area contributed by atoms with Crippen LogP contribution in [0, 0.1) is 5.41 Å². The Bertz CT molecular complexity index is 488. The van der Waals surface area contributed by atoms with E-state index in [1.165, 1.54) is 19.5 Å². The molecule has 2 N–H and O–H groups in total. The summed E-state index contributed by atoms with van der Waals surface area (Å²) < 4.78 is 9.48. The number of nitrogens with zero attached hydrogens (tertiary/aromatic N) is 3. The lowest BCUT2D eigenvalue weighted by Gasteiger charge is -2.37. The summed E-state index contributed by atoms with van der Waals surface area (Å²) in [5.74, 6) is 0.496. The number of aromatic nitrogens is 2. The molecule has 1 aliphatic rings. The van der Waals surface area contributed by atoms with E-state index in [0.29, 0.717) is 31.9 Å². The molecular weight excluding hydrogens is 277 g/mol. The van der Waals surface area contributed by atoms with Gasteiger partial charge >= 0.3 is 13.3 Å². The third kappa shape index (κ3) is 3.62. The highest BCUT2D eigenvalue weighted by Crippen LogP contribution is 2.33. The average Bonchev–Trinajstić information content (AvgIpc) is 2.47. The number of hydrogen-bond donors (Lipinski definition) is 2. The fraction of sp³-hybridized carbons (Fsp3) is 0.583. The summed E-state index contributed by atoms with van der Waals surface area (Å²) in [7, 11) is -0.493. The maximum absolute atomic E-state index is 11.7. The highest BCUT2D eigenvalue weighted by atomic mass is 16.6. The van der Waals surface area contributed by atoms with E-state index in [0.717, 1.165) is 0 Å². The molecule has 0 radical (unpaired) electrons. The van der Waals surface area contributed by atoms with Gasteiger partial charge in [-0.15, -0.1) is 0 Å². The first-order valence-corrected chi connectivity index (χ1v) is 6.63. The van der Waals surface area contributed by atoms with Crippen LogP contribution in [-0.2, 0) is 9.53 Å². The number of rotatable bonds is 4. The quantitative estimate of drug-likeness (QED) is 0.571. The van der Waals surface area contributed by atoms with Gasteiger partial charge in [0.25, 0.3) is 0 Å². The number of methoxy groups -OCH3 is 1. The normalized spacial score (nSPS) is 17.2. The molecule has 0 unspecified atom stereocenters. The number of piperidine rings is 1. The van der Waals surface area contributed by atoms with E-state index in [-0.39, 0.29) is 11.7 Å². The van der Waals surface area contributed by atoms with Crippen LogP contribution in [0.15, 0.2) is 12.4 Å². The van der Waals surface area contributed by atoms with Gasteiger partial charge in [-0.2, -0.15) is 0 Å². The molecule has 1 saturated heterocycles. The van der Waals surface area contributed by atoms with Crippen molar-refractivity contribution in [1.29, 1.82) is 0 Å². The van der Waals surface area contributed by atoms with Crippen molar-refractivity contribution in [1.82, 2.24) is 9.97 Å². The van der Waals surface area contributed by atoms with Crippen molar-refractivity contribution in [2.45, 2.75) is 19.8 Å². The van der Waals surface area contributed by atoms with Crippen LogP contribution in [0.4, 0.5) is 5.95 Å². The summed E-state index contributed by atoms with van der Waals surface area (Å²) in [6, 6.07) is 0. The van der Waals surface area contributed by atoms with E-state index in [1.54, 1.807) is 0 Å². The van der Waals surface area contributed by atoms with Gasteiger partial charge in [0.15, 0.2) is 0 Å². The monoisotopic (exact) mass is 295 g/mol. The maximum atomic E-state index is 11.7. The Kier molecular flexibility index (Phi) is 4.64. The van der Waals surface area contributed by atoms with Crippen LogP contribution in [0.25, 0.3) is 0 Å². The van der Waals surface area contributed by atoms with E-state index in [1.807, 2.05) is 11.8 Å². The smallest absolute Gasteiger partial charge is 0.509 e. The van der Waals surface area contributed by atoms with Crippen molar-refractivity contribution in [3.8, 4) is 5.75 Å². The molecular formula is C12H18BN3O5. The van der Waals surface area contributed by atoms with Gasteiger partial charge in [0, 0.05) is 13.1 Å². The predicted molar refractivity (Wildman–Crippen MR) is 74.4 cm³/mol. The molecule has 9 heteroatoms. The lowest BCUT2D eigenvalue weighted by molar-refractivity contribution is -0.152. The van der Waals surface area contributed by atoms with Crippen molar-refractivity contribution in [2.24, 2.45) is 5.41 Å². The first-order chi connectivity index (χ1) is 9.94. The van der Waals surface area contributed by atoms with Gasteiger partial charge in [0.2, 0.25) is 5.95 Å². The summed E-state index contributed by atoms with van der Waals surface area (Å²) >= 11 is 0. The second kappa shape index (κ2) is 6.27. The third-order valence-electron chi connectivity index (χ3n) is 3.68. The molecule has 21 heavy (non-hydrogen) atoms. The minimum Gasteiger partial charge on any atom is -0.509 e. The molecule has 0 bridgehead atoms. The van der Waals surface area contributed by atoms with Crippen LogP contribution in [0.2, 0.25) is 0 Å². The van der Waals surface area contributed by atoms with E-state index < -0.39 is 12.7 Å². The highest BCUT2D eigenvalue weighted by Gasteiger charge is 2.38. The molecule has 0 spiro atoms. The summed E-state index contributed by atoms with van der Waals surface area (Å²) in [5.41, 5.74) is -0.463. The van der Waals surface area contributed by atoms with Crippen LogP contribution in [-0.4, -0.2) is 53.5 Å². The molecule has 2 heterocycles. The minimum atomic E-state index is -1.89. The Labute approximate surface area is 122 Å². The molecule has 0 saturated carbocycles. The molecule has 1 fully saturated rings. The van der Waals surface area contributed by atoms with Gasteiger partial charge in [0.1, 0.15) is 5.75 Å². The van der Waals surface area contributed by atoms with Gasteiger partial charge in [-0.05, 0) is 19.8 Å². The molecule has 0 aromatic carbocycles. The first kappa shape index (κ1) is 15.5.